The van der Waals surface area contributed by atoms with Crippen LogP contribution >= 0.6 is 0 Å². The highest BCUT2D eigenvalue weighted by atomic mass is 16.2. The van der Waals surface area contributed by atoms with Crippen LogP contribution in [0.1, 0.15) is 36.2 Å². The molecule has 1 N–H and O–H groups in total. The summed E-state index contributed by atoms with van der Waals surface area (Å²) in [6, 6.07) is 6.07. The Kier molecular flexibility index (Phi) is 6.21. The predicted octanol–water partition coefficient (Wildman–Crippen LogP) is 0.749. The zero-order valence-corrected chi connectivity index (χ0v) is 14.8. The summed E-state index contributed by atoms with van der Waals surface area (Å²) >= 11 is 0. The van der Waals surface area contributed by atoms with Crippen LogP contribution in [0, 0.1) is 0 Å². The lowest BCUT2D eigenvalue weighted by Crippen LogP contribution is -2.36. The third-order valence-corrected chi connectivity index (χ3v) is 4.05. The number of ketones is 1. The molecule has 26 heavy (non-hydrogen) atoms. The molecule has 1 aliphatic heterocycles. The number of hydrogen-bond acceptors (Lipinski definition) is 5. The first-order chi connectivity index (χ1) is 12.3. The zero-order chi connectivity index (χ0) is 19.3. The lowest BCUT2D eigenvalue weighted by Gasteiger charge is -2.13. The summed E-state index contributed by atoms with van der Waals surface area (Å²) < 4.78 is 0. The first kappa shape index (κ1) is 19.3. The fourth-order valence-corrected chi connectivity index (χ4v) is 2.62. The van der Waals surface area contributed by atoms with Gasteiger partial charge < -0.3 is 5.32 Å². The Morgan fingerprint density at radius 2 is 1.62 bits per heavy atom. The van der Waals surface area contributed by atoms with Gasteiger partial charge in [-0.05, 0) is 25.3 Å². The molecule has 1 saturated heterocycles. The second kappa shape index (κ2) is 8.37. The number of aryl methyl sites for hydroxylation is 1. The molecule has 1 aliphatic rings. The molecule has 1 fully saturated rings. The Labute approximate surface area is 151 Å². The summed E-state index contributed by atoms with van der Waals surface area (Å²) in [5.41, 5.74) is 1.37. The molecule has 0 aliphatic carbocycles. The minimum atomic E-state index is -0.972. The quantitative estimate of drug-likeness (QED) is 0.319. The standard InChI is InChI=1S/C18H21N3O5/c1-3-20-16(24)17(25)21(18(20)26)11-15(23)14-8-6-13(7-9-14)5-4-10-19-12(2)22/h6-9H,3-5,10-11H2,1-2H3,(H,19,22). The predicted molar refractivity (Wildman–Crippen MR) is 92.3 cm³/mol. The van der Waals surface area contributed by atoms with Crippen LogP contribution in [0.15, 0.2) is 24.3 Å². The second-order valence-electron chi connectivity index (χ2n) is 5.93. The molecular formula is C18H21N3O5. The monoisotopic (exact) mass is 359 g/mol. The average molecular weight is 359 g/mol. The van der Waals surface area contributed by atoms with Crippen molar-refractivity contribution < 1.29 is 24.0 Å². The summed E-state index contributed by atoms with van der Waals surface area (Å²) in [6.07, 6.45) is 1.52. The van der Waals surface area contributed by atoms with Crippen LogP contribution in [0.5, 0.6) is 0 Å². The van der Waals surface area contributed by atoms with E-state index in [9.17, 15) is 24.0 Å². The number of Topliss-reactive ketones (excluding diaryl/α,β-unsaturated/α-hetero) is 1. The van der Waals surface area contributed by atoms with Crippen molar-refractivity contribution in [1.29, 1.82) is 0 Å². The fourth-order valence-electron chi connectivity index (χ4n) is 2.62. The number of carbonyl (C=O) groups excluding carboxylic acids is 5. The maximum atomic E-state index is 12.3. The topological polar surface area (TPSA) is 104 Å². The lowest BCUT2D eigenvalue weighted by molar-refractivity contribution is -0.143. The minimum absolute atomic E-state index is 0.0722. The largest absolute Gasteiger partial charge is 0.356 e. The molecule has 0 saturated carbocycles. The van der Waals surface area contributed by atoms with Crippen LogP contribution < -0.4 is 5.32 Å². The molecule has 0 unspecified atom stereocenters. The van der Waals surface area contributed by atoms with E-state index in [-0.39, 0.29) is 12.5 Å². The van der Waals surface area contributed by atoms with Crippen molar-refractivity contribution in [3.05, 3.63) is 35.4 Å². The number of imide groups is 2. The fraction of sp³-hybridized carbons (Fsp3) is 0.389. The van der Waals surface area contributed by atoms with Gasteiger partial charge in [-0.15, -0.1) is 0 Å². The van der Waals surface area contributed by atoms with Crippen molar-refractivity contribution >= 4 is 29.5 Å². The molecule has 5 amide bonds. The van der Waals surface area contributed by atoms with E-state index in [0.29, 0.717) is 17.0 Å². The van der Waals surface area contributed by atoms with Gasteiger partial charge in [-0.25, -0.2) is 9.69 Å². The van der Waals surface area contributed by atoms with Gasteiger partial charge in [-0.3, -0.25) is 24.1 Å². The normalized spacial score (nSPS) is 14.2. The van der Waals surface area contributed by atoms with Crippen LogP contribution in [0.3, 0.4) is 0 Å². The molecule has 1 aromatic rings. The molecule has 0 bridgehead atoms. The van der Waals surface area contributed by atoms with Gasteiger partial charge >= 0.3 is 17.8 Å². The van der Waals surface area contributed by atoms with Crippen molar-refractivity contribution in [2.75, 3.05) is 19.6 Å². The third-order valence-electron chi connectivity index (χ3n) is 4.05. The molecular weight excluding hydrogens is 338 g/mol. The number of rotatable bonds is 8. The summed E-state index contributed by atoms with van der Waals surface area (Å²) in [4.78, 5) is 60.1. The average Bonchev–Trinajstić information content (AvgIpc) is 2.82. The Hall–Kier alpha value is -3.03. The van der Waals surface area contributed by atoms with E-state index < -0.39 is 30.2 Å². The van der Waals surface area contributed by atoms with Crippen LogP contribution in [-0.2, 0) is 20.8 Å². The summed E-state index contributed by atoms with van der Waals surface area (Å²) in [5.74, 6) is -2.36. The minimum Gasteiger partial charge on any atom is -0.356 e. The maximum absolute atomic E-state index is 12.3. The van der Waals surface area contributed by atoms with Crippen LogP contribution in [0.4, 0.5) is 4.79 Å². The highest BCUT2D eigenvalue weighted by Gasteiger charge is 2.44. The molecule has 2 rings (SSSR count). The number of likely N-dealkylation sites (N-methyl/N-ethyl adjacent to an activating group) is 1. The van der Waals surface area contributed by atoms with Crippen molar-refractivity contribution in [2.24, 2.45) is 0 Å². The van der Waals surface area contributed by atoms with Crippen molar-refractivity contribution in [2.45, 2.75) is 26.7 Å². The molecule has 138 valence electrons. The molecule has 0 spiro atoms. The van der Waals surface area contributed by atoms with Crippen LogP contribution in [0.25, 0.3) is 0 Å². The molecule has 0 atom stereocenters. The Balaban J connectivity index is 1.94. The van der Waals surface area contributed by atoms with Crippen LogP contribution in [0.2, 0.25) is 0 Å². The molecule has 0 radical (unpaired) electrons. The molecule has 1 heterocycles. The Morgan fingerprint density at radius 3 is 2.15 bits per heavy atom. The molecule has 8 nitrogen and oxygen atoms in total. The van der Waals surface area contributed by atoms with Gasteiger partial charge in [0.25, 0.3) is 0 Å². The highest BCUT2D eigenvalue weighted by molar-refractivity contribution is 6.45. The van der Waals surface area contributed by atoms with Gasteiger partial charge in [-0.1, -0.05) is 24.3 Å². The Morgan fingerprint density at radius 1 is 1.00 bits per heavy atom. The molecule has 8 heteroatoms. The first-order valence-electron chi connectivity index (χ1n) is 8.39. The smallest absolute Gasteiger partial charge is 0.334 e. The van der Waals surface area contributed by atoms with E-state index in [1.54, 1.807) is 31.2 Å². The number of nitrogens with one attached hydrogen (secondary N) is 1. The first-order valence-corrected chi connectivity index (χ1v) is 8.39. The number of benzene rings is 1. The number of urea groups is 1. The summed E-state index contributed by atoms with van der Waals surface area (Å²) in [5, 5.41) is 2.71. The highest BCUT2D eigenvalue weighted by Crippen LogP contribution is 2.14. The maximum Gasteiger partial charge on any atom is 0.334 e. The van der Waals surface area contributed by atoms with Gasteiger partial charge in [0.2, 0.25) is 5.91 Å². The van der Waals surface area contributed by atoms with E-state index >= 15 is 0 Å². The van der Waals surface area contributed by atoms with E-state index in [0.717, 1.165) is 23.3 Å². The van der Waals surface area contributed by atoms with E-state index in [2.05, 4.69) is 5.32 Å². The van der Waals surface area contributed by atoms with Crippen LogP contribution in [-0.4, -0.2) is 59.0 Å². The number of carbonyl (C=O) groups is 5. The van der Waals surface area contributed by atoms with E-state index in [4.69, 9.17) is 0 Å². The zero-order valence-electron chi connectivity index (χ0n) is 14.8. The third kappa shape index (κ3) is 4.33. The number of amides is 5. The van der Waals surface area contributed by atoms with Gasteiger partial charge in [0, 0.05) is 25.6 Å². The van der Waals surface area contributed by atoms with E-state index in [1.807, 2.05) is 0 Å². The van der Waals surface area contributed by atoms with Gasteiger partial charge in [-0.2, -0.15) is 0 Å². The summed E-state index contributed by atoms with van der Waals surface area (Å²) in [7, 11) is 0. The van der Waals surface area contributed by atoms with E-state index in [1.165, 1.54) is 6.92 Å². The van der Waals surface area contributed by atoms with Gasteiger partial charge in [0.1, 0.15) is 0 Å². The van der Waals surface area contributed by atoms with Crippen molar-refractivity contribution in [3.8, 4) is 0 Å². The van der Waals surface area contributed by atoms with Crippen molar-refractivity contribution in [1.82, 2.24) is 15.1 Å². The van der Waals surface area contributed by atoms with Gasteiger partial charge in [0.05, 0.1) is 6.54 Å². The summed E-state index contributed by atoms with van der Waals surface area (Å²) in [6.45, 7) is 3.25. The number of nitrogens with zero attached hydrogens (tertiary/aromatic N) is 2. The lowest BCUT2D eigenvalue weighted by atomic mass is 10.0. The Bertz CT molecular complexity index is 742. The molecule has 0 aromatic heterocycles. The SMILES string of the molecule is CCN1C(=O)C(=O)N(CC(=O)c2ccc(CCCNC(C)=O)cc2)C1=O. The van der Waals surface area contributed by atoms with Gasteiger partial charge in [0.15, 0.2) is 5.78 Å². The second-order valence-corrected chi connectivity index (χ2v) is 5.93. The molecule has 1 aromatic carbocycles. The number of hydrogen-bond donors (Lipinski definition) is 1. The van der Waals surface area contributed by atoms with Crippen molar-refractivity contribution in [3.63, 3.8) is 0 Å².